The van der Waals surface area contributed by atoms with E-state index in [-0.39, 0.29) is 24.6 Å². The van der Waals surface area contributed by atoms with Gasteiger partial charge >= 0.3 is 0 Å². The summed E-state index contributed by atoms with van der Waals surface area (Å²) in [6, 6.07) is 17.2. The zero-order valence-corrected chi connectivity index (χ0v) is 19.4. The minimum Gasteiger partial charge on any atom is -0.394 e. The molecule has 3 rings (SSSR count). The number of benzene rings is 2. The van der Waals surface area contributed by atoms with E-state index in [9.17, 15) is 9.90 Å². The van der Waals surface area contributed by atoms with E-state index >= 15 is 0 Å². The molecule has 1 heterocycles. The number of aliphatic hydroxyl groups excluding tert-OH is 1. The van der Waals surface area contributed by atoms with Crippen molar-refractivity contribution in [2.24, 2.45) is 0 Å². The van der Waals surface area contributed by atoms with Crippen LogP contribution < -0.4 is 5.32 Å². The van der Waals surface area contributed by atoms with Crippen molar-refractivity contribution in [3.05, 3.63) is 76.9 Å². The van der Waals surface area contributed by atoms with E-state index in [1.807, 2.05) is 56.4 Å². The van der Waals surface area contributed by atoms with Crippen LogP contribution in [0, 0.1) is 0 Å². The molecular formula is C25H29ClN4O2. The minimum atomic E-state index is -0.129. The molecule has 0 radical (unpaired) electrons. The van der Waals surface area contributed by atoms with Crippen molar-refractivity contribution in [2.75, 3.05) is 19.0 Å². The van der Waals surface area contributed by atoms with Crippen LogP contribution in [-0.4, -0.2) is 45.6 Å². The van der Waals surface area contributed by atoms with Gasteiger partial charge in [-0.1, -0.05) is 67.9 Å². The van der Waals surface area contributed by atoms with Crippen molar-refractivity contribution in [2.45, 2.75) is 38.8 Å². The fourth-order valence-electron chi connectivity index (χ4n) is 3.62. The summed E-state index contributed by atoms with van der Waals surface area (Å²) in [7, 11) is 1.84. The van der Waals surface area contributed by atoms with Gasteiger partial charge in [-0.15, -0.1) is 0 Å². The van der Waals surface area contributed by atoms with E-state index in [0.717, 1.165) is 24.0 Å². The zero-order valence-electron chi connectivity index (χ0n) is 18.6. The van der Waals surface area contributed by atoms with Gasteiger partial charge < -0.3 is 15.3 Å². The second kappa shape index (κ2) is 11.1. The molecule has 0 saturated heterocycles. The van der Waals surface area contributed by atoms with Crippen molar-refractivity contribution in [3.63, 3.8) is 0 Å². The van der Waals surface area contributed by atoms with Crippen molar-refractivity contribution < 1.29 is 9.90 Å². The first kappa shape index (κ1) is 23.7. The molecule has 2 N–H and O–H groups in total. The second-order valence-corrected chi connectivity index (χ2v) is 8.06. The third-order valence-electron chi connectivity index (χ3n) is 5.55. The van der Waals surface area contributed by atoms with Crippen molar-refractivity contribution in [1.82, 2.24) is 14.9 Å². The number of nitrogens with one attached hydrogen (secondary N) is 1. The quantitative estimate of drug-likeness (QED) is 0.466. The number of aromatic nitrogens is 2. The fourth-order valence-corrected chi connectivity index (χ4v) is 3.82. The van der Waals surface area contributed by atoms with Crippen LogP contribution in [0.15, 0.2) is 60.8 Å². The van der Waals surface area contributed by atoms with Crippen molar-refractivity contribution >= 4 is 23.5 Å². The molecule has 2 atom stereocenters. The maximum Gasteiger partial charge on any atom is 0.254 e. The molecule has 0 fully saturated rings. The summed E-state index contributed by atoms with van der Waals surface area (Å²) in [6.45, 7) is 4.04. The Bertz CT molecular complexity index is 1020. The third kappa shape index (κ3) is 5.44. The normalized spacial score (nSPS) is 12.8. The van der Waals surface area contributed by atoms with Crippen LogP contribution in [0.4, 0.5) is 5.95 Å². The van der Waals surface area contributed by atoms with Gasteiger partial charge in [0.05, 0.1) is 35.6 Å². The molecule has 7 heteroatoms. The number of carbonyl (C=O) groups excluding carboxylic acids is 1. The van der Waals surface area contributed by atoms with E-state index in [1.54, 1.807) is 17.0 Å². The molecule has 0 aliphatic carbocycles. The van der Waals surface area contributed by atoms with Gasteiger partial charge in [0.2, 0.25) is 5.95 Å². The van der Waals surface area contributed by atoms with E-state index in [4.69, 9.17) is 11.6 Å². The Morgan fingerprint density at radius 2 is 1.78 bits per heavy atom. The van der Waals surface area contributed by atoms with Gasteiger partial charge in [0, 0.05) is 18.2 Å². The molecular weight excluding hydrogens is 424 g/mol. The van der Waals surface area contributed by atoms with Crippen LogP contribution in [-0.2, 0) is 0 Å². The molecule has 0 aliphatic rings. The Morgan fingerprint density at radius 1 is 1.09 bits per heavy atom. The summed E-state index contributed by atoms with van der Waals surface area (Å²) in [6.07, 6.45) is 3.10. The molecule has 0 spiro atoms. The molecule has 0 bridgehead atoms. The Hall–Kier alpha value is -2.96. The first-order valence-corrected chi connectivity index (χ1v) is 11.2. The number of anilines is 1. The molecule has 32 heavy (non-hydrogen) atoms. The summed E-state index contributed by atoms with van der Waals surface area (Å²) >= 11 is 6.34. The number of aliphatic hydroxyl groups is 1. The highest BCUT2D eigenvalue weighted by Gasteiger charge is 2.21. The summed E-state index contributed by atoms with van der Waals surface area (Å²) in [5, 5.41) is 12.9. The van der Waals surface area contributed by atoms with Crippen molar-refractivity contribution in [3.8, 4) is 11.3 Å². The van der Waals surface area contributed by atoms with Crippen molar-refractivity contribution in [1.29, 1.82) is 0 Å². The standard InChI is InChI=1S/C25H29ClN4O2/c1-4-20(16-31)28-25-27-15-21(26)23(29-25)18-11-13-19(14-12-18)24(32)30(3)22(5-2)17-9-7-6-8-10-17/h6-15,20,22,31H,4-5,16H2,1-3H3,(H,27,28,29)/t20-,22+/m0/s1. The van der Waals surface area contributed by atoms with Gasteiger partial charge in [-0.25, -0.2) is 9.97 Å². The van der Waals surface area contributed by atoms with E-state index in [1.165, 1.54) is 6.20 Å². The van der Waals surface area contributed by atoms with E-state index in [2.05, 4.69) is 22.2 Å². The average molecular weight is 453 g/mol. The van der Waals surface area contributed by atoms with Crippen LogP contribution in [0.5, 0.6) is 0 Å². The first-order chi connectivity index (χ1) is 15.5. The van der Waals surface area contributed by atoms with E-state index in [0.29, 0.717) is 22.2 Å². The smallest absolute Gasteiger partial charge is 0.254 e. The molecule has 1 aromatic heterocycles. The SMILES string of the molecule is CC[C@@H](CO)Nc1ncc(Cl)c(-c2ccc(C(=O)N(C)[C@H](CC)c3ccccc3)cc2)n1. The molecule has 0 saturated carbocycles. The molecule has 168 valence electrons. The lowest BCUT2D eigenvalue weighted by atomic mass is 10.0. The molecule has 3 aromatic rings. The van der Waals surface area contributed by atoms with Crippen LogP contribution >= 0.6 is 11.6 Å². The summed E-state index contributed by atoms with van der Waals surface area (Å²) < 4.78 is 0. The maximum atomic E-state index is 13.1. The lowest BCUT2D eigenvalue weighted by Gasteiger charge is -2.28. The van der Waals surface area contributed by atoms with Gasteiger partial charge in [-0.3, -0.25) is 4.79 Å². The summed E-state index contributed by atoms with van der Waals surface area (Å²) in [4.78, 5) is 23.6. The fraction of sp³-hybridized carbons (Fsp3) is 0.320. The topological polar surface area (TPSA) is 78.3 Å². The number of amides is 1. The number of nitrogens with zero attached hydrogens (tertiary/aromatic N) is 3. The lowest BCUT2D eigenvalue weighted by molar-refractivity contribution is 0.0726. The Labute approximate surface area is 194 Å². The van der Waals surface area contributed by atoms with Gasteiger partial charge in [0.25, 0.3) is 5.91 Å². The largest absolute Gasteiger partial charge is 0.394 e. The number of halogens is 1. The predicted molar refractivity (Wildman–Crippen MR) is 129 cm³/mol. The van der Waals surface area contributed by atoms with Crippen LogP contribution in [0.25, 0.3) is 11.3 Å². The van der Waals surface area contributed by atoms with Gasteiger partial charge in [-0.2, -0.15) is 0 Å². The van der Waals surface area contributed by atoms with Crippen LogP contribution in [0.3, 0.4) is 0 Å². The summed E-state index contributed by atoms with van der Waals surface area (Å²) in [5.41, 5.74) is 3.07. The maximum absolute atomic E-state index is 13.1. The number of hydrogen-bond acceptors (Lipinski definition) is 5. The van der Waals surface area contributed by atoms with Gasteiger partial charge in [0.1, 0.15) is 0 Å². The third-order valence-corrected chi connectivity index (χ3v) is 5.83. The van der Waals surface area contributed by atoms with Gasteiger partial charge in [0.15, 0.2) is 0 Å². The van der Waals surface area contributed by atoms with Crippen LogP contribution in [0.2, 0.25) is 5.02 Å². The second-order valence-electron chi connectivity index (χ2n) is 7.65. The Balaban J connectivity index is 1.81. The zero-order chi connectivity index (χ0) is 23.1. The highest BCUT2D eigenvalue weighted by atomic mass is 35.5. The Kier molecular flexibility index (Phi) is 8.20. The molecule has 1 amide bonds. The first-order valence-electron chi connectivity index (χ1n) is 10.8. The number of hydrogen-bond donors (Lipinski definition) is 2. The number of carbonyl (C=O) groups is 1. The molecule has 6 nitrogen and oxygen atoms in total. The Morgan fingerprint density at radius 3 is 2.38 bits per heavy atom. The molecule has 2 aromatic carbocycles. The number of rotatable bonds is 9. The average Bonchev–Trinajstić information content (AvgIpc) is 2.84. The highest BCUT2D eigenvalue weighted by Crippen LogP contribution is 2.28. The lowest BCUT2D eigenvalue weighted by Crippen LogP contribution is -2.30. The van der Waals surface area contributed by atoms with Crippen LogP contribution in [0.1, 0.15) is 48.7 Å². The van der Waals surface area contributed by atoms with Gasteiger partial charge in [-0.05, 0) is 30.5 Å². The monoisotopic (exact) mass is 452 g/mol. The molecule has 0 unspecified atom stereocenters. The highest BCUT2D eigenvalue weighted by molar-refractivity contribution is 6.32. The summed E-state index contributed by atoms with van der Waals surface area (Å²) in [5.74, 6) is 0.357. The van der Waals surface area contributed by atoms with E-state index < -0.39 is 0 Å². The minimum absolute atomic E-state index is 0.00588. The molecule has 0 aliphatic heterocycles. The predicted octanol–water partition coefficient (Wildman–Crippen LogP) is 5.20.